The summed E-state index contributed by atoms with van der Waals surface area (Å²) in [6, 6.07) is 10.9. The zero-order valence-electron chi connectivity index (χ0n) is 20.9. The Morgan fingerprint density at radius 3 is 2.46 bits per heavy atom. The van der Waals surface area contributed by atoms with Crippen LogP contribution in [0.4, 0.5) is 4.79 Å². The molecule has 1 aliphatic heterocycles. The molecule has 2 aromatic rings. The van der Waals surface area contributed by atoms with Gasteiger partial charge in [-0.05, 0) is 64.1 Å². The van der Waals surface area contributed by atoms with E-state index in [1.807, 2.05) is 4.90 Å². The molecule has 1 aromatic heterocycles. The summed E-state index contributed by atoms with van der Waals surface area (Å²) in [7, 11) is 4.36. The minimum absolute atomic E-state index is 0.00913. The van der Waals surface area contributed by atoms with E-state index in [9.17, 15) is 9.59 Å². The van der Waals surface area contributed by atoms with Crippen molar-refractivity contribution in [3.63, 3.8) is 0 Å². The molecule has 1 spiro atoms. The second kappa shape index (κ2) is 9.26. The zero-order valence-corrected chi connectivity index (χ0v) is 20.9. The van der Waals surface area contributed by atoms with E-state index in [2.05, 4.69) is 64.5 Å². The molecule has 35 heavy (non-hydrogen) atoms. The first-order chi connectivity index (χ1) is 16.8. The van der Waals surface area contributed by atoms with Crippen LogP contribution >= 0.6 is 0 Å². The summed E-state index contributed by atoms with van der Waals surface area (Å²) in [6.07, 6.45) is 9.39. The second-order valence-corrected chi connectivity index (χ2v) is 10.9. The number of rotatable bonds is 8. The van der Waals surface area contributed by atoms with Gasteiger partial charge >= 0.3 is 6.03 Å². The van der Waals surface area contributed by atoms with Gasteiger partial charge in [-0.15, -0.1) is 5.10 Å². The summed E-state index contributed by atoms with van der Waals surface area (Å²) in [4.78, 5) is 31.4. The Morgan fingerprint density at radius 1 is 1.14 bits per heavy atom. The van der Waals surface area contributed by atoms with Crippen LogP contribution in [0.15, 0.2) is 36.5 Å². The Bertz CT molecular complexity index is 1050. The van der Waals surface area contributed by atoms with Gasteiger partial charge in [0.2, 0.25) is 5.91 Å². The lowest BCUT2D eigenvalue weighted by molar-refractivity contribution is -0.118. The van der Waals surface area contributed by atoms with Crippen LogP contribution in [0.25, 0.3) is 0 Å². The highest BCUT2D eigenvalue weighted by Gasteiger charge is 2.54. The number of nitrogens with zero attached hydrogens (tertiary/aromatic N) is 6. The minimum Gasteiger partial charge on any atom is -0.368 e. The fourth-order valence-corrected chi connectivity index (χ4v) is 6.35. The Balaban J connectivity index is 1.37. The Morgan fingerprint density at radius 2 is 1.86 bits per heavy atom. The van der Waals surface area contributed by atoms with Gasteiger partial charge < -0.3 is 15.5 Å². The molecule has 0 unspecified atom stereocenters. The average molecular weight is 480 g/mol. The van der Waals surface area contributed by atoms with Crippen LogP contribution in [0, 0.1) is 5.92 Å². The third kappa shape index (κ3) is 4.42. The summed E-state index contributed by atoms with van der Waals surface area (Å²) in [5, 5.41) is 8.18. The quantitative estimate of drug-likeness (QED) is 0.627. The smallest absolute Gasteiger partial charge is 0.320 e. The average Bonchev–Trinajstić information content (AvgIpc) is 3.34. The van der Waals surface area contributed by atoms with Crippen molar-refractivity contribution in [2.75, 3.05) is 27.2 Å². The summed E-state index contributed by atoms with van der Waals surface area (Å²) < 4.78 is 1.44. The molecule has 2 N–H and O–H groups in total. The number of carbonyl (C=O) groups is 2. The number of hydrogen-bond donors (Lipinski definition) is 1. The predicted octanol–water partition coefficient (Wildman–Crippen LogP) is 2.57. The van der Waals surface area contributed by atoms with Crippen LogP contribution in [-0.4, -0.2) is 74.4 Å². The number of benzene rings is 1. The fourth-order valence-electron chi connectivity index (χ4n) is 6.35. The molecule has 3 aliphatic rings. The maximum Gasteiger partial charge on any atom is 0.320 e. The van der Waals surface area contributed by atoms with E-state index < -0.39 is 5.91 Å². The van der Waals surface area contributed by atoms with Gasteiger partial charge in [0.25, 0.3) is 0 Å². The topological polar surface area (TPSA) is 101 Å². The number of primary amides is 1. The first-order valence-electron chi connectivity index (χ1n) is 12.8. The van der Waals surface area contributed by atoms with Crippen LogP contribution in [0.2, 0.25) is 0 Å². The lowest BCUT2D eigenvalue weighted by Crippen LogP contribution is -2.56. The second-order valence-electron chi connectivity index (χ2n) is 10.9. The third-order valence-electron chi connectivity index (χ3n) is 8.66. The van der Waals surface area contributed by atoms with Crippen LogP contribution in [0.3, 0.4) is 0 Å². The van der Waals surface area contributed by atoms with E-state index in [0.29, 0.717) is 24.7 Å². The van der Waals surface area contributed by atoms with Gasteiger partial charge in [0.1, 0.15) is 12.2 Å². The van der Waals surface area contributed by atoms with Crippen molar-refractivity contribution < 1.29 is 9.59 Å². The first-order valence-corrected chi connectivity index (χ1v) is 12.8. The van der Waals surface area contributed by atoms with Gasteiger partial charge in [0, 0.05) is 18.6 Å². The molecule has 1 aromatic carbocycles. The van der Waals surface area contributed by atoms with Crippen molar-refractivity contribution in [3.8, 4) is 0 Å². The normalized spacial score (nSPS) is 27.1. The summed E-state index contributed by atoms with van der Waals surface area (Å²) in [5.74, 6) is 0.149. The van der Waals surface area contributed by atoms with Crippen molar-refractivity contribution in [2.24, 2.45) is 11.7 Å². The van der Waals surface area contributed by atoms with Crippen molar-refractivity contribution in [3.05, 3.63) is 47.8 Å². The molecular formula is C26H37N7O2. The largest absolute Gasteiger partial charge is 0.368 e. The number of urea groups is 1. The lowest BCUT2D eigenvalue weighted by atomic mass is 9.68. The first kappa shape index (κ1) is 23.8. The van der Waals surface area contributed by atoms with E-state index in [1.165, 1.54) is 29.5 Å². The van der Waals surface area contributed by atoms with Crippen molar-refractivity contribution in [1.29, 1.82) is 0 Å². The van der Waals surface area contributed by atoms with Crippen LogP contribution in [0.1, 0.15) is 56.2 Å². The van der Waals surface area contributed by atoms with E-state index in [0.717, 1.165) is 32.2 Å². The predicted molar refractivity (Wildman–Crippen MR) is 132 cm³/mol. The van der Waals surface area contributed by atoms with Crippen molar-refractivity contribution in [1.82, 2.24) is 29.7 Å². The Hall–Kier alpha value is -2.94. The molecule has 3 amide bonds. The standard InChI is InChI=1S/C26H37N7O2/c1-30(2)26(21-9-4-3-5-10-21)13-11-25(12-14-26)19-31(24(35)33(25)15-20-7-6-8-20)16-22-17-32(29-28-22)18-23(27)34/h3-5,9-10,17,20H,6-8,11-16,18-19H2,1-2H3,(H2,27,34). The highest BCUT2D eigenvalue weighted by atomic mass is 16.2. The molecule has 9 nitrogen and oxygen atoms in total. The molecule has 2 heterocycles. The fraction of sp³-hybridized carbons (Fsp3) is 0.615. The van der Waals surface area contributed by atoms with Gasteiger partial charge in [0.15, 0.2) is 0 Å². The van der Waals surface area contributed by atoms with E-state index in [4.69, 9.17) is 5.73 Å². The molecule has 3 fully saturated rings. The Kier molecular flexibility index (Phi) is 6.29. The number of aromatic nitrogens is 3. The van der Waals surface area contributed by atoms with Crippen LogP contribution in [0.5, 0.6) is 0 Å². The van der Waals surface area contributed by atoms with Gasteiger partial charge in [-0.1, -0.05) is 42.0 Å². The molecule has 0 bridgehead atoms. The monoisotopic (exact) mass is 479 g/mol. The van der Waals surface area contributed by atoms with E-state index in [1.54, 1.807) is 6.20 Å². The van der Waals surface area contributed by atoms with E-state index in [-0.39, 0.29) is 23.7 Å². The van der Waals surface area contributed by atoms with Crippen molar-refractivity contribution >= 4 is 11.9 Å². The number of nitrogens with two attached hydrogens (primary N) is 1. The van der Waals surface area contributed by atoms with E-state index >= 15 is 0 Å². The maximum atomic E-state index is 13.7. The molecular weight excluding hydrogens is 442 g/mol. The van der Waals surface area contributed by atoms with Gasteiger partial charge in [-0.3, -0.25) is 9.69 Å². The van der Waals surface area contributed by atoms with Crippen LogP contribution in [-0.2, 0) is 23.4 Å². The van der Waals surface area contributed by atoms with Gasteiger partial charge in [-0.2, -0.15) is 0 Å². The van der Waals surface area contributed by atoms with Crippen molar-refractivity contribution in [2.45, 2.75) is 69.1 Å². The molecule has 2 aliphatic carbocycles. The molecule has 0 atom stereocenters. The summed E-state index contributed by atoms with van der Waals surface area (Å²) in [5.41, 5.74) is 7.16. The van der Waals surface area contributed by atoms with Gasteiger partial charge in [0.05, 0.1) is 18.3 Å². The molecule has 9 heteroatoms. The highest BCUT2D eigenvalue weighted by Crippen LogP contribution is 2.49. The van der Waals surface area contributed by atoms with Gasteiger partial charge in [-0.25, -0.2) is 9.48 Å². The molecule has 188 valence electrons. The number of hydrogen-bond acceptors (Lipinski definition) is 5. The molecule has 1 saturated heterocycles. The maximum absolute atomic E-state index is 13.7. The number of carbonyl (C=O) groups excluding carboxylic acids is 2. The Labute approximate surface area is 207 Å². The summed E-state index contributed by atoms with van der Waals surface area (Å²) >= 11 is 0. The van der Waals surface area contributed by atoms with Crippen LogP contribution < -0.4 is 5.73 Å². The zero-order chi connectivity index (χ0) is 24.6. The lowest BCUT2D eigenvalue weighted by Gasteiger charge is -2.51. The SMILES string of the molecule is CN(C)C1(c2ccccc2)CCC2(CC1)CN(Cc1cn(CC(N)=O)nn1)C(=O)N2CC1CCC1. The third-order valence-corrected chi connectivity index (χ3v) is 8.66. The molecule has 2 saturated carbocycles. The number of amides is 3. The molecule has 5 rings (SSSR count). The molecule has 0 radical (unpaired) electrons. The minimum atomic E-state index is -0.464. The highest BCUT2D eigenvalue weighted by molar-refractivity contribution is 5.78. The summed E-state index contributed by atoms with van der Waals surface area (Å²) in [6.45, 7) is 1.95.